The zero-order chi connectivity index (χ0) is 17.1. The van der Waals surface area contributed by atoms with E-state index < -0.39 is 11.9 Å². The van der Waals surface area contributed by atoms with E-state index >= 15 is 0 Å². The second-order valence-electron chi connectivity index (χ2n) is 3.39. The molecule has 0 aliphatic rings. The molecule has 0 bridgehead atoms. The summed E-state index contributed by atoms with van der Waals surface area (Å²) in [5.74, 6) is -1.96. The van der Waals surface area contributed by atoms with Gasteiger partial charge in [-0.05, 0) is 0 Å². The summed E-state index contributed by atoms with van der Waals surface area (Å²) in [6.07, 6.45) is 1.67. The Morgan fingerprint density at radius 3 is 0.696 bits per heavy atom. The Hall–Kier alpha value is -3.14. The highest BCUT2D eigenvalue weighted by Crippen LogP contribution is 1.80. The zero-order valence-corrected chi connectivity index (χ0v) is 12.2. The summed E-state index contributed by atoms with van der Waals surface area (Å²) < 4.78 is 0. The van der Waals surface area contributed by atoms with Crippen LogP contribution >= 0.6 is 0 Å². The van der Waals surface area contributed by atoms with Crippen LogP contribution in [0.15, 0.2) is 98.1 Å². The summed E-state index contributed by atoms with van der Waals surface area (Å²) in [5, 5.41) is 15.2. The van der Waals surface area contributed by atoms with Crippen LogP contribution < -0.4 is 0 Å². The number of rotatable bonds is 2. The Kier molecular flexibility index (Phi) is 22.9. The van der Waals surface area contributed by atoms with Crippen molar-refractivity contribution < 1.29 is 19.8 Å². The fraction of sp³-hybridized carbons (Fsp3) is 0.0526. The van der Waals surface area contributed by atoms with Crippen molar-refractivity contribution in [1.82, 2.24) is 0 Å². The molecule has 124 valence electrons. The first-order valence-electron chi connectivity index (χ1n) is 6.25. The quantitative estimate of drug-likeness (QED) is 0.799. The van der Waals surface area contributed by atoms with Gasteiger partial charge in [-0.1, -0.05) is 93.4 Å². The lowest BCUT2D eigenvalue weighted by molar-refractivity contribution is -0.132. The Bertz CT molecular complexity index is 404. The lowest BCUT2D eigenvalue weighted by atomic mass is 10.4. The van der Waals surface area contributed by atoms with Crippen LogP contribution in [0.5, 0.6) is 0 Å². The van der Waals surface area contributed by atoms with Crippen LogP contribution in [-0.4, -0.2) is 22.2 Å². The molecule has 4 heteroatoms. The maximum Gasteiger partial charge on any atom is 0.327 e. The van der Waals surface area contributed by atoms with E-state index in [2.05, 4.69) is 13.2 Å². The van der Waals surface area contributed by atoms with Gasteiger partial charge in [0.1, 0.15) is 0 Å². The van der Waals surface area contributed by atoms with Crippen LogP contribution in [0.4, 0.5) is 0 Å². The van der Waals surface area contributed by atoms with Gasteiger partial charge < -0.3 is 10.2 Å². The normalized spacial score (nSPS) is 6.96. The number of carbonyl (C=O) groups is 2. The van der Waals surface area contributed by atoms with Crippen molar-refractivity contribution in [3.63, 3.8) is 0 Å². The van der Waals surface area contributed by atoms with E-state index in [1.807, 2.05) is 72.8 Å². The summed E-state index contributed by atoms with van der Waals surface area (Å²) in [5.41, 5.74) is 0. The molecule has 2 rings (SSSR count). The molecule has 0 spiro atoms. The molecular weight excluding hydrogens is 292 g/mol. The van der Waals surface area contributed by atoms with E-state index in [1.54, 1.807) is 0 Å². The molecule has 2 aromatic rings. The van der Waals surface area contributed by atoms with E-state index in [4.69, 9.17) is 10.2 Å². The maximum atomic E-state index is 9.25. The van der Waals surface area contributed by atoms with Crippen molar-refractivity contribution in [3.8, 4) is 0 Å². The van der Waals surface area contributed by atoms with Crippen LogP contribution in [0.2, 0.25) is 0 Å². The Balaban J connectivity index is -0.000000230. The maximum absolute atomic E-state index is 9.25. The van der Waals surface area contributed by atoms with Crippen LogP contribution in [0.25, 0.3) is 0 Å². The van der Waals surface area contributed by atoms with Crippen molar-refractivity contribution in [2.24, 2.45) is 0 Å². The van der Waals surface area contributed by atoms with E-state index in [0.29, 0.717) is 0 Å². The van der Waals surface area contributed by atoms with E-state index in [1.165, 1.54) is 0 Å². The monoisotopic (exact) mass is 316 g/mol. The highest BCUT2D eigenvalue weighted by Gasteiger charge is 1.73. The lowest BCUT2D eigenvalue weighted by Gasteiger charge is -1.69. The van der Waals surface area contributed by atoms with Gasteiger partial charge in [-0.2, -0.15) is 0 Å². The summed E-state index contributed by atoms with van der Waals surface area (Å²) in [6.45, 7) is 5.92. The largest absolute Gasteiger partial charge is 0.478 e. The first kappa shape index (κ1) is 24.9. The average Bonchev–Trinajstić information content (AvgIpc) is 2.59. The average molecular weight is 316 g/mol. The molecule has 0 aliphatic heterocycles. The summed E-state index contributed by atoms with van der Waals surface area (Å²) in [7, 11) is 0. The smallest absolute Gasteiger partial charge is 0.327 e. The van der Waals surface area contributed by atoms with Gasteiger partial charge in [0, 0.05) is 12.2 Å². The highest BCUT2D eigenvalue weighted by molar-refractivity contribution is 5.79. The minimum absolute atomic E-state index is 0. The van der Waals surface area contributed by atoms with Gasteiger partial charge in [-0.15, -0.1) is 0 Å². The van der Waals surface area contributed by atoms with Gasteiger partial charge in [0.2, 0.25) is 0 Å². The predicted octanol–water partition coefficient (Wildman–Crippen LogP) is 4.52. The van der Waals surface area contributed by atoms with Crippen LogP contribution in [0.3, 0.4) is 0 Å². The third-order valence-corrected chi connectivity index (χ3v) is 1.68. The van der Waals surface area contributed by atoms with Gasteiger partial charge >= 0.3 is 11.9 Å². The molecule has 0 radical (unpaired) electrons. The molecular formula is C19H24O4. The van der Waals surface area contributed by atoms with Gasteiger partial charge in [0.15, 0.2) is 0 Å². The van der Waals surface area contributed by atoms with E-state index in [0.717, 1.165) is 12.2 Å². The van der Waals surface area contributed by atoms with Gasteiger partial charge in [-0.3, -0.25) is 0 Å². The van der Waals surface area contributed by atoms with Crippen molar-refractivity contribution >= 4 is 11.9 Å². The molecule has 0 aliphatic carbocycles. The molecule has 0 aromatic heterocycles. The fourth-order valence-electron chi connectivity index (χ4n) is 0.770. The number of benzene rings is 2. The number of carboxylic acids is 2. The topological polar surface area (TPSA) is 74.6 Å². The van der Waals surface area contributed by atoms with Gasteiger partial charge in [-0.25, -0.2) is 9.59 Å². The van der Waals surface area contributed by atoms with E-state index in [-0.39, 0.29) is 7.43 Å². The number of aliphatic carboxylic acids is 2. The lowest BCUT2D eigenvalue weighted by Crippen LogP contribution is -1.82. The Labute approximate surface area is 138 Å². The molecule has 4 nitrogen and oxygen atoms in total. The van der Waals surface area contributed by atoms with E-state index in [9.17, 15) is 9.59 Å². The van der Waals surface area contributed by atoms with Crippen LogP contribution in [-0.2, 0) is 9.59 Å². The Morgan fingerprint density at radius 1 is 0.565 bits per heavy atom. The molecule has 0 amide bonds. The second kappa shape index (κ2) is 21.2. The van der Waals surface area contributed by atoms with Gasteiger partial charge in [0.25, 0.3) is 0 Å². The third-order valence-electron chi connectivity index (χ3n) is 1.68. The molecule has 23 heavy (non-hydrogen) atoms. The minimum Gasteiger partial charge on any atom is -0.478 e. The molecule has 0 fully saturated rings. The zero-order valence-electron chi connectivity index (χ0n) is 12.2. The minimum atomic E-state index is -0.981. The standard InChI is InChI=1S/2C6H6.2C3H4O2.CH4/c2*1-2-4-6-5-3-1;2*1-2-3(4)5;/h2*1-6H;2*2H,1H2,(H,4,5);1H4. The fourth-order valence-corrected chi connectivity index (χ4v) is 0.770. The van der Waals surface area contributed by atoms with Crippen molar-refractivity contribution in [1.29, 1.82) is 0 Å². The van der Waals surface area contributed by atoms with Crippen molar-refractivity contribution in [3.05, 3.63) is 98.1 Å². The highest BCUT2D eigenvalue weighted by atomic mass is 16.4. The molecule has 0 heterocycles. The van der Waals surface area contributed by atoms with Crippen molar-refractivity contribution in [2.75, 3.05) is 0 Å². The predicted molar refractivity (Wildman–Crippen MR) is 95.3 cm³/mol. The Morgan fingerprint density at radius 2 is 0.652 bits per heavy atom. The summed E-state index contributed by atoms with van der Waals surface area (Å²) >= 11 is 0. The second-order valence-corrected chi connectivity index (χ2v) is 3.39. The summed E-state index contributed by atoms with van der Waals surface area (Å²) in [6, 6.07) is 24.0. The molecule has 2 aromatic carbocycles. The SMILES string of the molecule is C.C=CC(=O)O.C=CC(=O)O.c1ccccc1.c1ccccc1. The van der Waals surface area contributed by atoms with Crippen LogP contribution in [0.1, 0.15) is 7.43 Å². The molecule has 0 saturated heterocycles. The van der Waals surface area contributed by atoms with Crippen LogP contribution in [0, 0.1) is 0 Å². The van der Waals surface area contributed by atoms with Crippen molar-refractivity contribution in [2.45, 2.75) is 7.43 Å². The van der Waals surface area contributed by atoms with Gasteiger partial charge in [0.05, 0.1) is 0 Å². The number of hydrogen-bond acceptors (Lipinski definition) is 2. The first-order valence-corrected chi connectivity index (χ1v) is 6.25. The molecule has 0 unspecified atom stereocenters. The molecule has 0 saturated carbocycles. The molecule has 0 atom stereocenters. The molecule has 2 N–H and O–H groups in total. The number of carboxylic acid groups (broad SMARTS) is 2. The first-order chi connectivity index (χ1) is 10.5. The third kappa shape index (κ3) is 32.4. The number of hydrogen-bond donors (Lipinski definition) is 2. The summed E-state index contributed by atoms with van der Waals surface area (Å²) in [4.78, 5) is 18.5.